The Labute approximate surface area is 170 Å². The van der Waals surface area contributed by atoms with Crippen LogP contribution < -0.4 is 10.1 Å². The lowest BCUT2D eigenvalue weighted by Gasteiger charge is -2.25. The first-order chi connectivity index (χ1) is 13.4. The number of aliphatic hydroxyl groups is 1. The zero-order valence-electron chi connectivity index (χ0n) is 16.3. The molecular weight excluding hydrogens is 375 g/mol. The van der Waals surface area contributed by atoms with Crippen molar-refractivity contribution in [2.75, 3.05) is 12.9 Å². The van der Waals surface area contributed by atoms with Crippen LogP contribution in [0.1, 0.15) is 29.8 Å². The summed E-state index contributed by atoms with van der Waals surface area (Å²) in [6.45, 7) is 2.20. The van der Waals surface area contributed by atoms with Crippen LogP contribution in [0.2, 0.25) is 0 Å². The molecule has 0 bridgehead atoms. The minimum Gasteiger partial charge on any atom is -0.493 e. The van der Waals surface area contributed by atoms with E-state index in [1.54, 1.807) is 13.1 Å². The molecule has 2 unspecified atom stereocenters. The molecule has 0 saturated carbocycles. The fourth-order valence-electron chi connectivity index (χ4n) is 2.65. The van der Waals surface area contributed by atoms with Gasteiger partial charge in [0, 0.05) is 18.3 Å². The smallest absolute Gasteiger partial charge is 0.234 e. The van der Waals surface area contributed by atoms with E-state index in [-0.39, 0.29) is 5.91 Å². The van der Waals surface area contributed by atoms with Gasteiger partial charge in [-0.25, -0.2) is 0 Å². The van der Waals surface area contributed by atoms with E-state index in [1.165, 1.54) is 11.8 Å². The Hall–Kier alpha value is -2.32. The fraction of sp³-hybridized carbons (Fsp3) is 0.350. The Morgan fingerprint density at radius 3 is 2.61 bits per heavy atom. The Morgan fingerprint density at radius 2 is 2.07 bits per heavy atom. The van der Waals surface area contributed by atoms with Gasteiger partial charge in [-0.2, -0.15) is 11.8 Å². The number of aromatic nitrogens is 1. The first kappa shape index (κ1) is 22.0. The molecule has 2 N–H and O–H groups in total. The highest BCUT2D eigenvalue weighted by molar-refractivity contribution is 8.01. The quantitative estimate of drug-likeness (QED) is 0.461. The Morgan fingerprint density at radius 1 is 1.36 bits per heavy atom. The van der Waals surface area contributed by atoms with E-state index in [0.29, 0.717) is 25.9 Å². The van der Waals surface area contributed by atoms with Crippen molar-refractivity contribution in [1.82, 2.24) is 10.3 Å². The maximum atomic E-state index is 12.1. The van der Waals surface area contributed by atoms with Gasteiger partial charge in [0.2, 0.25) is 12.3 Å². The van der Waals surface area contributed by atoms with Crippen molar-refractivity contribution < 1.29 is 19.4 Å². The minimum absolute atomic E-state index is 0.301. The average molecular weight is 400 g/mol. The lowest BCUT2D eigenvalue weighted by atomic mass is 9.80. The van der Waals surface area contributed by atoms with Gasteiger partial charge in [0.25, 0.3) is 0 Å². The van der Waals surface area contributed by atoms with Crippen LogP contribution >= 0.6 is 11.8 Å². The first-order valence-electron chi connectivity index (χ1n) is 9.02. The van der Waals surface area contributed by atoms with Gasteiger partial charge in [0.15, 0.2) is 0 Å². The van der Waals surface area contributed by atoms with Crippen molar-refractivity contribution in [1.29, 1.82) is 0 Å². The van der Waals surface area contributed by atoms with Crippen LogP contribution in [0.3, 0.4) is 0 Å². The SMILES string of the molecule is BC(Cc1ccc(OCCc2ccc(C(C)O)cn2)cc1)(SC)C(=O)NC=O. The Kier molecular flexibility index (Phi) is 8.08. The summed E-state index contributed by atoms with van der Waals surface area (Å²) in [5.74, 6) is 0.442. The van der Waals surface area contributed by atoms with E-state index < -0.39 is 10.8 Å². The number of pyridine rings is 1. The number of carbonyl (C=O) groups is 2. The molecule has 1 aromatic carbocycles. The van der Waals surface area contributed by atoms with Crippen molar-refractivity contribution in [2.24, 2.45) is 0 Å². The Balaban J connectivity index is 1.88. The Bertz CT molecular complexity index is 784. The number of rotatable bonds is 10. The van der Waals surface area contributed by atoms with Crippen LogP contribution in [0, 0.1) is 0 Å². The molecule has 2 rings (SSSR count). The van der Waals surface area contributed by atoms with E-state index >= 15 is 0 Å². The van der Waals surface area contributed by atoms with E-state index in [1.807, 2.05) is 50.5 Å². The summed E-state index contributed by atoms with van der Waals surface area (Å²) in [6, 6.07) is 11.4. The van der Waals surface area contributed by atoms with Crippen LogP contribution in [0.25, 0.3) is 0 Å². The molecule has 1 heterocycles. The van der Waals surface area contributed by atoms with E-state index in [0.717, 1.165) is 22.6 Å². The molecule has 6 nitrogen and oxygen atoms in total. The summed E-state index contributed by atoms with van der Waals surface area (Å²) < 4.78 is 5.05. The van der Waals surface area contributed by atoms with Crippen LogP contribution in [0.4, 0.5) is 0 Å². The van der Waals surface area contributed by atoms with Gasteiger partial charge >= 0.3 is 0 Å². The van der Waals surface area contributed by atoms with Crippen molar-refractivity contribution in [3.05, 3.63) is 59.4 Å². The van der Waals surface area contributed by atoms with Gasteiger partial charge in [-0.15, -0.1) is 0 Å². The molecule has 2 amide bonds. The summed E-state index contributed by atoms with van der Waals surface area (Å²) in [5.41, 5.74) is 2.68. The zero-order valence-corrected chi connectivity index (χ0v) is 17.2. The van der Waals surface area contributed by atoms with E-state index in [2.05, 4.69) is 10.3 Å². The number of nitrogens with one attached hydrogen (secondary N) is 1. The van der Waals surface area contributed by atoms with Crippen molar-refractivity contribution in [2.45, 2.75) is 30.5 Å². The molecule has 2 aromatic rings. The molecule has 0 saturated heterocycles. The summed E-state index contributed by atoms with van der Waals surface area (Å²) >= 11 is 1.41. The molecule has 28 heavy (non-hydrogen) atoms. The van der Waals surface area contributed by atoms with Gasteiger partial charge in [0.05, 0.1) is 17.4 Å². The number of aliphatic hydroxyl groups excluding tert-OH is 1. The normalized spacial score (nSPS) is 14.0. The van der Waals surface area contributed by atoms with Crippen LogP contribution in [0.15, 0.2) is 42.6 Å². The van der Waals surface area contributed by atoms with Crippen molar-refractivity contribution in [3.63, 3.8) is 0 Å². The predicted octanol–water partition coefficient (Wildman–Crippen LogP) is 1.26. The van der Waals surface area contributed by atoms with Gasteiger partial charge in [-0.1, -0.05) is 18.2 Å². The maximum Gasteiger partial charge on any atom is 0.234 e. The maximum absolute atomic E-state index is 12.1. The predicted molar refractivity (Wildman–Crippen MR) is 113 cm³/mol. The third kappa shape index (κ3) is 6.10. The summed E-state index contributed by atoms with van der Waals surface area (Å²) in [7, 11) is 1.82. The zero-order chi connectivity index (χ0) is 20.6. The van der Waals surface area contributed by atoms with Crippen LogP contribution in [0.5, 0.6) is 5.75 Å². The van der Waals surface area contributed by atoms with Gasteiger partial charge < -0.3 is 9.84 Å². The fourth-order valence-corrected chi connectivity index (χ4v) is 3.20. The number of benzene rings is 1. The van der Waals surface area contributed by atoms with Crippen LogP contribution in [-0.2, 0) is 22.4 Å². The second-order valence-electron chi connectivity index (χ2n) is 6.70. The van der Waals surface area contributed by atoms with Crippen LogP contribution in [-0.4, -0.2) is 47.8 Å². The third-order valence-electron chi connectivity index (χ3n) is 4.54. The summed E-state index contributed by atoms with van der Waals surface area (Å²) in [6.07, 6.45) is 4.60. The topological polar surface area (TPSA) is 88.5 Å². The van der Waals surface area contributed by atoms with Crippen molar-refractivity contribution in [3.8, 4) is 5.75 Å². The molecule has 0 radical (unpaired) electrons. The van der Waals surface area contributed by atoms with Gasteiger partial charge in [-0.05, 0) is 48.9 Å². The molecule has 0 spiro atoms. The molecular formula is C20H25BN2O4S. The lowest BCUT2D eigenvalue weighted by Crippen LogP contribution is -2.45. The number of thioether (sulfide) groups is 1. The largest absolute Gasteiger partial charge is 0.493 e. The molecule has 148 valence electrons. The second kappa shape index (κ2) is 10.3. The van der Waals surface area contributed by atoms with E-state index in [9.17, 15) is 14.7 Å². The highest BCUT2D eigenvalue weighted by atomic mass is 32.2. The molecule has 2 atom stereocenters. The highest BCUT2D eigenvalue weighted by Crippen LogP contribution is 2.25. The number of amides is 2. The third-order valence-corrected chi connectivity index (χ3v) is 5.77. The monoisotopic (exact) mass is 400 g/mol. The number of nitrogens with zero attached hydrogens (tertiary/aromatic N) is 1. The van der Waals surface area contributed by atoms with E-state index in [4.69, 9.17) is 4.74 Å². The standard InChI is InChI=1S/C20H25BN2O4S/c1-14(25)16-5-6-17(22-12-16)9-10-27-18-7-3-15(4-8-18)11-20(21,28-2)19(26)23-13-24/h3-8,12-14,25H,9-11,21H2,1-2H3,(H,23,24,26). The molecule has 0 aliphatic heterocycles. The molecule has 0 aliphatic carbocycles. The minimum atomic E-state index is -0.715. The average Bonchev–Trinajstić information content (AvgIpc) is 2.69. The number of hydrogen-bond donors (Lipinski definition) is 2. The molecule has 0 fully saturated rings. The lowest BCUT2D eigenvalue weighted by molar-refractivity contribution is -0.125. The summed E-state index contributed by atoms with van der Waals surface area (Å²) in [4.78, 5) is 27.0. The summed E-state index contributed by atoms with van der Waals surface area (Å²) in [5, 5.41) is 11.7. The number of ether oxygens (including phenoxy) is 1. The number of hydrogen-bond acceptors (Lipinski definition) is 6. The second-order valence-corrected chi connectivity index (χ2v) is 8.01. The molecule has 8 heteroatoms. The molecule has 0 aliphatic rings. The number of imide groups is 1. The van der Waals surface area contributed by atoms with Crippen molar-refractivity contribution >= 4 is 31.9 Å². The molecule has 1 aromatic heterocycles. The first-order valence-corrected chi connectivity index (χ1v) is 10.2. The van der Waals surface area contributed by atoms with Gasteiger partial charge in [-0.3, -0.25) is 19.9 Å². The van der Waals surface area contributed by atoms with Gasteiger partial charge in [0.1, 0.15) is 13.6 Å². The number of carbonyl (C=O) groups excluding carboxylic acids is 2. The highest BCUT2D eigenvalue weighted by Gasteiger charge is 2.32.